The molecule has 1 amide bonds. The number of benzene rings is 1. The van der Waals surface area contributed by atoms with Crippen LogP contribution in [0.4, 0.5) is 4.39 Å². The van der Waals surface area contributed by atoms with Gasteiger partial charge in [0.2, 0.25) is 0 Å². The van der Waals surface area contributed by atoms with Gasteiger partial charge in [0.25, 0.3) is 11.7 Å². The molecule has 1 atom stereocenters. The van der Waals surface area contributed by atoms with Crippen LogP contribution in [0.15, 0.2) is 30.6 Å². The van der Waals surface area contributed by atoms with Gasteiger partial charge in [-0.15, -0.1) is 5.10 Å². The van der Waals surface area contributed by atoms with Crippen molar-refractivity contribution >= 4 is 5.91 Å². The largest absolute Gasteiger partial charge is 0.364 e. The van der Waals surface area contributed by atoms with Gasteiger partial charge < -0.3 is 9.64 Å². The third kappa shape index (κ3) is 3.18. The lowest BCUT2D eigenvalue weighted by atomic mass is 9.92. The number of hydrogen-bond donors (Lipinski definition) is 0. The molecule has 1 unspecified atom stereocenters. The first-order chi connectivity index (χ1) is 12.5. The monoisotopic (exact) mass is 357 g/mol. The van der Waals surface area contributed by atoms with Crippen LogP contribution in [0.3, 0.4) is 0 Å². The number of nitriles is 1. The van der Waals surface area contributed by atoms with Gasteiger partial charge in [-0.1, -0.05) is 18.2 Å². The summed E-state index contributed by atoms with van der Waals surface area (Å²) in [5.74, 6) is -0.596. The van der Waals surface area contributed by atoms with E-state index in [9.17, 15) is 9.18 Å². The smallest absolute Gasteiger partial charge is 0.259 e. The summed E-state index contributed by atoms with van der Waals surface area (Å²) in [4.78, 5) is 18.7. The number of likely N-dealkylation sites (tertiary alicyclic amines) is 1. The Labute approximate surface area is 151 Å². The highest BCUT2D eigenvalue weighted by atomic mass is 19.1. The maximum atomic E-state index is 14.2. The minimum atomic E-state index is -1.38. The molecule has 3 rings (SSSR count). The zero-order valence-electron chi connectivity index (χ0n) is 14.7. The molecule has 2 aromatic rings. The van der Waals surface area contributed by atoms with Gasteiger partial charge in [0.15, 0.2) is 5.60 Å². The van der Waals surface area contributed by atoms with Gasteiger partial charge in [-0.3, -0.25) is 4.79 Å². The van der Waals surface area contributed by atoms with Crippen LogP contribution in [0.5, 0.6) is 0 Å². The van der Waals surface area contributed by atoms with Crippen LogP contribution >= 0.6 is 0 Å². The predicted molar refractivity (Wildman–Crippen MR) is 90.3 cm³/mol. The molecule has 1 aliphatic heterocycles. The number of methoxy groups -OCH3 is 1. The lowest BCUT2D eigenvalue weighted by Gasteiger charge is -2.38. The Morgan fingerprint density at radius 2 is 2.08 bits per heavy atom. The molecule has 136 valence electrons. The zero-order chi connectivity index (χ0) is 18.7. The van der Waals surface area contributed by atoms with Gasteiger partial charge in [-0.2, -0.15) is 5.26 Å². The highest BCUT2D eigenvalue weighted by Gasteiger charge is 2.41. The van der Waals surface area contributed by atoms with E-state index < -0.39 is 11.4 Å². The Bertz CT molecular complexity index is 838. The quantitative estimate of drug-likeness (QED) is 0.836. The van der Waals surface area contributed by atoms with E-state index in [4.69, 9.17) is 10.00 Å². The summed E-state index contributed by atoms with van der Waals surface area (Å²) < 4.78 is 21.4. The normalized spacial score (nSPS) is 17.5. The number of ether oxygens (including phenoxy) is 1. The number of hydrogen-bond acceptors (Lipinski definition) is 5. The molecular formula is C18H20FN5O2. The van der Waals surface area contributed by atoms with E-state index in [0.29, 0.717) is 25.9 Å². The van der Waals surface area contributed by atoms with E-state index >= 15 is 0 Å². The molecular weight excluding hydrogens is 337 g/mol. The predicted octanol–water partition coefficient (Wildman–Crippen LogP) is 2.01. The third-order valence-corrected chi connectivity index (χ3v) is 4.94. The van der Waals surface area contributed by atoms with Crippen LogP contribution in [-0.2, 0) is 15.1 Å². The lowest BCUT2D eigenvalue weighted by Crippen LogP contribution is -2.49. The van der Waals surface area contributed by atoms with E-state index in [-0.39, 0.29) is 23.3 Å². The Hall–Kier alpha value is -2.79. The second-order valence-electron chi connectivity index (χ2n) is 6.40. The van der Waals surface area contributed by atoms with Crippen molar-refractivity contribution in [2.75, 3.05) is 20.2 Å². The first kappa shape index (κ1) is 18.0. The van der Waals surface area contributed by atoms with Crippen LogP contribution in [-0.4, -0.2) is 45.8 Å². The second kappa shape index (κ2) is 7.22. The van der Waals surface area contributed by atoms with Crippen molar-refractivity contribution < 1.29 is 13.9 Å². The summed E-state index contributed by atoms with van der Waals surface area (Å²) in [7, 11) is 1.41. The van der Waals surface area contributed by atoms with Crippen molar-refractivity contribution in [2.24, 2.45) is 0 Å². The van der Waals surface area contributed by atoms with E-state index in [2.05, 4.69) is 10.1 Å². The molecule has 0 bridgehead atoms. The van der Waals surface area contributed by atoms with E-state index in [0.717, 1.165) is 0 Å². The average molecular weight is 357 g/mol. The third-order valence-electron chi connectivity index (χ3n) is 4.94. The first-order valence-corrected chi connectivity index (χ1v) is 8.40. The molecule has 0 aliphatic carbocycles. The first-order valence-electron chi connectivity index (χ1n) is 8.40. The number of rotatable bonds is 4. The van der Waals surface area contributed by atoms with Crippen molar-refractivity contribution in [3.8, 4) is 6.07 Å². The summed E-state index contributed by atoms with van der Waals surface area (Å²) in [6.45, 7) is 2.59. The molecule has 8 heteroatoms. The van der Waals surface area contributed by atoms with E-state index in [1.807, 2.05) is 6.07 Å². The summed E-state index contributed by atoms with van der Waals surface area (Å²) in [6, 6.07) is 8.15. The van der Waals surface area contributed by atoms with Crippen LogP contribution in [0.2, 0.25) is 0 Å². The van der Waals surface area contributed by atoms with Crippen molar-refractivity contribution in [3.63, 3.8) is 0 Å². The van der Waals surface area contributed by atoms with Crippen LogP contribution < -0.4 is 0 Å². The number of aromatic nitrogens is 3. The molecule has 0 radical (unpaired) electrons. The van der Waals surface area contributed by atoms with Crippen LogP contribution in [0.1, 0.15) is 37.2 Å². The summed E-state index contributed by atoms with van der Waals surface area (Å²) in [5, 5.41) is 12.9. The Morgan fingerprint density at radius 3 is 2.65 bits per heavy atom. The van der Waals surface area contributed by atoms with E-state index in [1.54, 1.807) is 41.0 Å². The molecule has 7 nitrogen and oxygen atoms in total. The number of carbonyl (C=O) groups is 1. The maximum Gasteiger partial charge on any atom is 0.259 e. The fourth-order valence-corrected chi connectivity index (χ4v) is 3.30. The van der Waals surface area contributed by atoms with Gasteiger partial charge in [-0.05, 0) is 25.8 Å². The Morgan fingerprint density at radius 1 is 1.38 bits per heavy atom. The Balaban J connectivity index is 1.73. The zero-order valence-corrected chi connectivity index (χ0v) is 14.7. The van der Waals surface area contributed by atoms with Crippen LogP contribution in [0, 0.1) is 17.1 Å². The van der Waals surface area contributed by atoms with Gasteiger partial charge in [0, 0.05) is 25.8 Å². The number of amides is 1. The lowest BCUT2D eigenvalue weighted by molar-refractivity contribution is -0.156. The molecule has 1 aromatic heterocycles. The SMILES string of the molecule is COC(C)(C(=O)N1CCC(n2cnc(C#N)n2)CC1)c1ccccc1F. The molecule has 1 aliphatic rings. The molecule has 1 saturated heterocycles. The van der Waals surface area contributed by atoms with Gasteiger partial charge in [-0.25, -0.2) is 14.1 Å². The molecule has 0 N–H and O–H groups in total. The minimum absolute atomic E-state index is 0.0795. The maximum absolute atomic E-state index is 14.2. The molecule has 0 spiro atoms. The standard InChI is InChI=1S/C18H20FN5O2/c1-18(26-2,14-5-3-4-6-15(14)19)17(25)23-9-7-13(8-10-23)24-12-21-16(11-20)22-24/h3-6,12-13H,7-10H2,1-2H3. The summed E-state index contributed by atoms with van der Waals surface area (Å²) >= 11 is 0. The molecule has 1 fully saturated rings. The molecule has 26 heavy (non-hydrogen) atoms. The van der Waals surface area contributed by atoms with Crippen molar-refractivity contribution in [2.45, 2.75) is 31.4 Å². The second-order valence-corrected chi connectivity index (χ2v) is 6.40. The van der Waals surface area contributed by atoms with Gasteiger partial charge in [0.1, 0.15) is 18.2 Å². The summed E-state index contributed by atoms with van der Waals surface area (Å²) in [5.41, 5.74) is -1.15. The van der Waals surface area contributed by atoms with E-state index in [1.165, 1.54) is 13.2 Å². The topological polar surface area (TPSA) is 84.0 Å². The average Bonchev–Trinajstić information content (AvgIpc) is 3.16. The number of nitrogens with zero attached hydrogens (tertiary/aromatic N) is 5. The highest BCUT2D eigenvalue weighted by Crippen LogP contribution is 2.31. The van der Waals surface area contributed by atoms with Crippen molar-refractivity contribution in [1.29, 1.82) is 5.26 Å². The Kier molecular flexibility index (Phi) is 5.00. The minimum Gasteiger partial charge on any atom is -0.364 e. The molecule has 2 heterocycles. The summed E-state index contributed by atoms with van der Waals surface area (Å²) in [6.07, 6.45) is 2.90. The number of piperidine rings is 1. The molecule has 0 saturated carbocycles. The number of carbonyl (C=O) groups excluding carboxylic acids is 1. The van der Waals surface area contributed by atoms with Crippen molar-refractivity contribution in [1.82, 2.24) is 19.7 Å². The fraction of sp³-hybridized carbons (Fsp3) is 0.444. The number of halogens is 1. The van der Waals surface area contributed by atoms with Gasteiger partial charge in [0.05, 0.1) is 6.04 Å². The van der Waals surface area contributed by atoms with Gasteiger partial charge >= 0.3 is 0 Å². The van der Waals surface area contributed by atoms with Crippen LogP contribution in [0.25, 0.3) is 0 Å². The fourth-order valence-electron chi connectivity index (χ4n) is 3.30. The highest BCUT2D eigenvalue weighted by molar-refractivity contribution is 5.86. The molecule has 1 aromatic carbocycles. The van der Waals surface area contributed by atoms with Crippen molar-refractivity contribution in [3.05, 3.63) is 47.8 Å².